The van der Waals surface area contributed by atoms with Crippen LogP contribution in [-0.2, 0) is 6.54 Å². The van der Waals surface area contributed by atoms with Gasteiger partial charge in [0.05, 0.1) is 11.8 Å². The van der Waals surface area contributed by atoms with E-state index in [4.69, 9.17) is 0 Å². The minimum absolute atomic E-state index is 0.0861. The zero-order valence-corrected chi connectivity index (χ0v) is 14.5. The topological polar surface area (TPSA) is 30.0 Å². The highest BCUT2D eigenvalue weighted by Crippen LogP contribution is 2.28. The van der Waals surface area contributed by atoms with Crippen molar-refractivity contribution in [1.29, 1.82) is 0 Å². The molecule has 0 radical (unpaired) electrons. The lowest BCUT2D eigenvalue weighted by atomic mass is 10.1. The van der Waals surface area contributed by atoms with Crippen molar-refractivity contribution in [2.24, 2.45) is 0 Å². The first-order valence-corrected chi connectivity index (χ1v) is 9.29. The van der Waals surface area contributed by atoms with Crippen LogP contribution in [0.1, 0.15) is 31.7 Å². The Kier molecular flexibility index (Phi) is 4.50. The minimum atomic E-state index is -0.181. The van der Waals surface area contributed by atoms with Crippen LogP contribution < -0.4 is 4.90 Å². The molecule has 0 spiro atoms. The summed E-state index contributed by atoms with van der Waals surface area (Å²) in [6.45, 7) is 7.74. The van der Waals surface area contributed by atoms with Crippen molar-refractivity contribution in [2.75, 3.05) is 37.6 Å². The summed E-state index contributed by atoms with van der Waals surface area (Å²) in [7, 11) is 0. The van der Waals surface area contributed by atoms with Crippen molar-refractivity contribution in [3.8, 4) is 0 Å². The molecule has 4 rings (SSSR count). The van der Waals surface area contributed by atoms with Crippen molar-refractivity contribution in [3.05, 3.63) is 29.6 Å². The second-order valence-corrected chi connectivity index (χ2v) is 7.76. The van der Waals surface area contributed by atoms with Crippen LogP contribution in [0.5, 0.6) is 0 Å². The van der Waals surface area contributed by atoms with Gasteiger partial charge in [-0.15, -0.1) is 0 Å². The van der Waals surface area contributed by atoms with Crippen molar-refractivity contribution in [3.63, 3.8) is 0 Å². The molecule has 5 heteroatoms. The van der Waals surface area contributed by atoms with E-state index in [9.17, 15) is 9.50 Å². The quantitative estimate of drug-likeness (QED) is 0.917. The molecule has 132 valence electrons. The molecule has 3 aliphatic rings. The molecule has 0 aliphatic carbocycles. The lowest BCUT2D eigenvalue weighted by molar-refractivity contribution is 0.0528. The van der Waals surface area contributed by atoms with Crippen molar-refractivity contribution in [1.82, 2.24) is 9.80 Å². The van der Waals surface area contributed by atoms with Crippen LogP contribution in [0, 0.1) is 5.82 Å². The number of aliphatic hydroxyl groups excluding tert-OH is 1. The van der Waals surface area contributed by atoms with Crippen molar-refractivity contribution in [2.45, 2.75) is 50.9 Å². The van der Waals surface area contributed by atoms with Gasteiger partial charge in [-0.05, 0) is 43.9 Å². The highest BCUT2D eigenvalue weighted by atomic mass is 19.1. The van der Waals surface area contributed by atoms with Gasteiger partial charge < -0.3 is 10.0 Å². The summed E-state index contributed by atoms with van der Waals surface area (Å²) in [4.78, 5) is 6.99. The molecule has 3 heterocycles. The number of nitrogens with zero attached hydrogens (tertiary/aromatic N) is 3. The van der Waals surface area contributed by atoms with Gasteiger partial charge in [0.25, 0.3) is 0 Å². The van der Waals surface area contributed by atoms with E-state index >= 15 is 0 Å². The number of anilines is 1. The molecule has 1 aromatic rings. The van der Waals surface area contributed by atoms with Gasteiger partial charge in [-0.1, -0.05) is 6.07 Å². The van der Waals surface area contributed by atoms with Gasteiger partial charge in [-0.3, -0.25) is 9.80 Å². The van der Waals surface area contributed by atoms with E-state index < -0.39 is 0 Å². The van der Waals surface area contributed by atoms with Gasteiger partial charge in [0.15, 0.2) is 0 Å². The largest absolute Gasteiger partial charge is 0.392 e. The van der Waals surface area contributed by atoms with Crippen LogP contribution >= 0.6 is 0 Å². The number of aliphatic hydroxyl groups is 1. The molecule has 0 aromatic heterocycles. The molecule has 0 amide bonds. The molecule has 1 aromatic carbocycles. The first kappa shape index (κ1) is 16.3. The molecule has 3 saturated heterocycles. The zero-order valence-electron chi connectivity index (χ0n) is 14.5. The van der Waals surface area contributed by atoms with E-state index in [1.807, 2.05) is 6.07 Å². The summed E-state index contributed by atoms with van der Waals surface area (Å²) in [6.07, 6.45) is 3.01. The normalized spacial score (nSPS) is 31.6. The van der Waals surface area contributed by atoms with Crippen molar-refractivity contribution >= 4 is 5.69 Å². The van der Waals surface area contributed by atoms with Crippen LogP contribution in [0.2, 0.25) is 0 Å². The second kappa shape index (κ2) is 6.62. The number of halogens is 1. The fourth-order valence-electron chi connectivity index (χ4n) is 4.59. The molecule has 0 bridgehead atoms. The third-order valence-corrected chi connectivity index (χ3v) is 5.92. The Labute approximate surface area is 143 Å². The van der Waals surface area contributed by atoms with E-state index in [-0.39, 0.29) is 11.9 Å². The summed E-state index contributed by atoms with van der Waals surface area (Å²) in [6, 6.07) is 6.64. The minimum Gasteiger partial charge on any atom is -0.392 e. The summed E-state index contributed by atoms with van der Waals surface area (Å²) >= 11 is 0. The molecule has 24 heavy (non-hydrogen) atoms. The fourth-order valence-corrected chi connectivity index (χ4v) is 4.59. The number of rotatable bonds is 3. The van der Waals surface area contributed by atoms with E-state index in [0.29, 0.717) is 12.1 Å². The van der Waals surface area contributed by atoms with Gasteiger partial charge in [0.1, 0.15) is 5.82 Å². The summed E-state index contributed by atoms with van der Waals surface area (Å²) < 4.78 is 14.5. The third kappa shape index (κ3) is 3.17. The molecule has 0 unspecified atom stereocenters. The lowest BCUT2D eigenvalue weighted by Gasteiger charge is -2.42. The predicted octanol–water partition coefficient (Wildman–Crippen LogP) is 2.07. The Morgan fingerprint density at radius 2 is 1.96 bits per heavy atom. The van der Waals surface area contributed by atoms with Crippen LogP contribution in [0.15, 0.2) is 18.2 Å². The van der Waals surface area contributed by atoms with Crippen molar-refractivity contribution < 1.29 is 9.50 Å². The molecule has 3 aliphatic heterocycles. The summed E-state index contributed by atoms with van der Waals surface area (Å²) in [5, 5.41) is 9.88. The summed E-state index contributed by atoms with van der Waals surface area (Å²) in [5.74, 6) is -0.0861. The number of piperazine rings is 1. The van der Waals surface area contributed by atoms with Gasteiger partial charge >= 0.3 is 0 Å². The van der Waals surface area contributed by atoms with Gasteiger partial charge in [-0.2, -0.15) is 0 Å². The van der Waals surface area contributed by atoms with E-state index in [1.165, 1.54) is 0 Å². The molecule has 3 fully saturated rings. The number of hydrogen-bond acceptors (Lipinski definition) is 4. The standard InChI is InChI=1S/C19H28FN3O/c1-14-10-23-13-17(24)9-16(23)12-22(14)11-15-4-5-19(18(20)8-15)21-6-2-3-7-21/h4-5,8,14,16-17,24H,2-3,6-7,9-13H2,1H3/t14-,16-,17+/m0/s1. The van der Waals surface area contributed by atoms with E-state index in [2.05, 4.69) is 27.7 Å². The maximum atomic E-state index is 14.5. The SMILES string of the molecule is C[C@H]1CN2C[C@H](O)C[C@H]2CN1Cc1ccc(N2CCCC2)c(F)c1. The molecular formula is C19H28FN3O. The monoisotopic (exact) mass is 333 g/mol. The Balaban J connectivity index is 1.44. The second-order valence-electron chi connectivity index (χ2n) is 7.76. The molecule has 1 N–H and O–H groups in total. The first-order chi connectivity index (χ1) is 11.6. The van der Waals surface area contributed by atoms with Gasteiger partial charge in [0, 0.05) is 51.4 Å². The highest BCUT2D eigenvalue weighted by Gasteiger charge is 2.38. The smallest absolute Gasteiger partial charge is 0.146 e. The number of hydrogen-bond donors (Lipinski definition) is 1. The summed E-state index contributed by atoms with van der Waals surface area (Å²) in [5.41, 5.74) is 1.81. The average Bonchev–Trinajstić information content (AvgIpc) is 3.17. The fraction of sp³-hybridized carbons (Fsp3) is 0.684. The first-order valence-electron chi connectivity index (χ1n) is 9.29. The zero-order chi connectivity index (χ0) is 16.7. The number of fused-ring (bicyclic) bond motifs is 1. The Hall–Kier alpha value is -1.17. The van der Waals surface area contributed by atoms with Gasteiger partial charge in [0.2, 0.25) is 0 Å². The Morgan fingerprint density at radius 1 is 1.17 bits per heavy atom. The highest BCUT2D eigenvalue weighted by molar-refractivity contribution is 5.49. The van der Waals surface area contributed by atoms with Crippen LogP contribution in [0.3, 0.4) is 0 Å². The molecular weight excluding hydrogens is 305 g/mol. The van der Waals surface area contributed by atoms with Crippen LogP contribution in [-0.4, -0.2) is 65.8 Å². The van der Waals surface area contributed by atoms with E-state index in [0.717, 1.165) is 69.8 Å². The van der Waals surface area contributed by atoms with Crippen LogP contribution in [0.4, 0.5) is 10.1 Å². The molecule has 3 atom stereocenters. The molecule has 0 saturated carbocycles. The maximum Gasteiger partial charge on any atom is 0.146 e. The molecule has 4 nitrogen and oxygen atoms in total. The lowest BCUT2D eigenvalue weighted by Crippen LogP contribution is -2.54. The predicted molar refractivity (Wildman–Crippen MR) is 93.7 cm³/mol. The third-order valence-electron chi connectivity index (χ3n) is 5.92. The maximum absolute atomic E-state index is 14.5. The number of benzene rings is 1. The van der Waals surface area contributed by atoms with Crippen LogP contribution in [0.25, 0.3) is 0 Å². The van der Waals surface area contributed by atoms with Gasteiger partial charge in [-0.25, -0.2) is 4.39 Å². The van der Waals surface area contributed by atoms with E-state index in [1.54, 1.807) is 6.07 Å². The Bertz CT molecular complexity index is 590. The average molecular weight is 333 g/mol. The Morgan fingerprint density at radius 3 is 2.71 bits per heavy atom.